The fraction of sp³-hybridized carbons (Fsp3) is 0.0909. The fourth-order valence-electron chi connectivity index (χ4n) is 1.53. The van der Waals surface area contributed by atoms with Crippen LogP contribution in [0.3, 0.4) is 0 Å². The first-order chi connectivity index (χ1) is 9.02. The number of nitrogen functional groups attached to an aromatic ring is 1. The number of amides is 2. The third-order valence-corrected chi connectivity index (χ3v) is 2.42. The lowest BCUT2D eigenvalue weighted by Crippen LogP contribution is -2.19. The molecule has 0 aliphatic rings. The molecule has 2 heterocycles. The van der Waals surface area contributed by atoms with Crippen molar-refractivity contribution in [2.45, 2.75) is 0 Å². The van der Waals surface area contributed by atoms with Crippen molar-refractivity contribution in [1.82, 2.24) is 20.1 Å². The average Bonchev–Trinajstić information content (AvgIpc) is 2.87. The molecular formula is C11H12N6O2. The molecule has 98 valence electrons. The highest BCUT2D eigenvalue weighted by Gasteiger charge is 2.15. The number of aromatic nitrogens is 3. The highest BCUT2D eigenvalue weighted by Crippen LogP contribution is 2.14. The van der Waals surface area contributed by atoms with E-state index >= 15 is 0 Å². The van der Waals surface area contributed by atoms with Gasteiger partial charge in [-0.3, -0.25) is 9.59 Å². The normalized spacial score (nSPS) is 10.2. The Hall–Kier alpha value is -2.90. The summed E-state index contributed by atoms with van der Waals surface area (Å²) >= 11 is 0. The van der Waals surface area contributed by atoms with Gasteiger partial charge in [-0.15, -0.1) is 0 Å². The summed E-state index contributed by atoms with van der Waals surface area (Å²) in [5.41, 5.74) is 11.5. The van der Waals surface area contributed by atoms with Crippen molar-refractivity contribution in [3.63, 3.8) is 0 Å². The second-order valence-electron chi connectivity index (χ2n) is 3.73. The number of nitrogens with zero attached hydrogens (tertiary/aromatic N) is 3. The molecule has 19 heavy (non-hydrogen) atoms. The minimum atomic E-state index is -0.674. The van der Waals surface area contributed by atoms with Gasteiger partial charge in [0, 0.05) is 13.2 Å². The van der Waals surface area contributed by atoms with Gasteiger partial charge in [-0.1, -0.05) is 0 Å². The Balaban J connectivity index is 2.50. The molecule has 2 rings (SSSR count). The molecule has 0 aromatic carbocycles. The van der Waals surface area contributed by atoms with Gasteiger partial charge < -0.3 is 16.8 Å². The highest BCUT2D eigenvalue weighted by atomic mass is 16.2. The van der Waals surface area contributed by atoms with Crippen molar-refractivity contribution in [1.29, 1.82) is 0 Å². The zero-order chi connectivity index (χ0) is 14.0. The zero-order valence-electron chi connectivity index (χ0n) is 10.1. The monoisotopic (exact) mass is 260 g/mol. The maximum Gasteiger partial charge on any atom is 0.271 e. The van der Waals surface area contributed by atoms with E-state index in [2.05, 4.69) is 15.4 Å². The van der Waals surface area contributed by atoms with Crippen LogP contribution >= 0.6 is 0 Å². The van der Waals surface area contributed by atoms with E-state index in [0.717, 1.165) is 0 Å². The summed E-state index contributed by atoms with van der Waals surface area (Å²) < 4.78 is 1.30. The molecule has 0 fully saturated rings. The number of carbonyl (C=O) groups excluding carboxylic acids is 2. The molecule has 2 aromatic rings. The SMILES string of the molecule is CNC(=O)c1ccn(-c2ncc(N)cc2C(N)=O)n1. The van der Waals surface area contributed by atoms with E-state index in [4.69, 9.17) is 11.5 Å². The van der Waals surface area contributed by atoms with Crippen LogP contribution < -0.4 is 16.8 Å². The minimum Gasteiger partial charge on any atom is -0.397 e. The fourth-order valence-corrected chi connectivity index (χ4v) is 1.53. The Kier molecular flexibility index (Phi) is 3.15. The van der Waals surface area contributed by atoms with Crippen LogP contribution in [-0.2, 0) is 0 Å². The summed E-state index contributed by atoms with van der Waals surface area (Å²) in [7, 11) is 1.50. The van der Waals surface area contributed by atoms with E-state index in [1.54, 1.807) is 0 Å². The lowest BCUT2D eigenvalue weighted by molar-refractivity contribution is 0.0956. The van der Waals surface area contributed by atoms with Crippen LogP contribution in [-0.4, -0.2) is 33.6 Å². The molecule has 2 aromatic heterocycles. The van der Waals surface area contributed by atoms with Crippen molar-refractivity contribution in [2.75, 3.05) is 12.8 Å². The molecule has 0 aliphatic heterocycles. The van der Waals surface area contributed by atoms with Gasteiger partial charge in [0.1, 0.15) is 0 Å². The molecule has 0 radical (unpaired) electrons. The summed E-state index contributed by atoms with van der Waals surface area (Å²) in [6.07, 6.45) is 2.89. The molecule has 5 N–H and O–H groups in total. The molecule has 8 nitrogen and oxygen atoms in total. The van der Waals surface area contributed by atoms with Crippen LogP contribution in [0.15, 0.2) is 24.5 Å². The molecule has 8 heteroatoms. The predicted octanol–water partition coefficient (Wildman–Crippen LogP) is -0.692. The highest BCUT2D eigenvalue weighted by molar-refractivity contribution is 5.96. The Morgan fingerprint density at radius 1 is 1.42 bits per heavy atom. The van der Waals surface area contributed by atoms with Gasteiger partial charge >= 0.3 is 0 Å². The number of primary amides is 1. The van der Waals surface area contributed by atoms with E-state index in [1.165, 1.54) is 36.3 Å². The van der Waals surface area contributed by atoms with E-state index in [9.17, 15) is 9.59 Å². The van der Waals surface area contributed by atoms with E-state index in [1.807, 2.05) is 0 Å². The van der Waals surface area contributed by atoms with Gasteiger partial charge in [0.15, 0.2) is 11.5 Å². The quantitative estimate of drug-likeness (QED) is 0.672. The van der Waals surface area contributed by atoms with Crippen LogP contribution in [0.25, 0.3) is 5.82 Å². The van der Waals surface area contributed by atoms with Crippen molar-refractivity contribution in [3.8, 4) is 5.82 Å². The smallest absolute Gasteiger partial charge is 0.271 e. The molecule has 0 saturated heterocycles. The molecule has 0 bridgehead atoms. The van der Waals surface area contributed by atoms with Gasteiger partial charge in [0.05, 0.1) is 17.4 Å². The van der Waals surface area contributed by atoms with Crippen molar-refractivity contribution >= 4 is 17.5 Å². The number of rotatable bonds is 3. The molecule has 2 amide bonds. The summed E-state index contributed by atoms with van der Waals surface area (Å²) in [5.74, 6) is -0.793. The Morgan fingerprint density at radius 2 is 2.16 bits per heavy atom. The zero-order valence-corrected chi connectivity index (χ0v) is 10.1. The third-order valence-electron chi connectivity index (χ3n) is 2.42. The van der Waals surface area contributed by atoms with Gasteiger partial charge in [-0.25, -0.2) is 9.67 Å². The van der Waals surface area contributed by atoms with Gasteiger partial charge in [0.25, 0.3) is 11.8 Å². The van der Waals surface area contributed by atoms with E-state index in [0.29, 0.717) is 5.69 Å². The lowest BCUT2D eigenvalue weighted by atomic mass is 10.2. The van der Waals surface area contributed by atoms with Gasteiger partial charge in [-0.05, 0) is 12.1 Å². The van der Waals surface area contributed by atoms with Crippen LogP contribution in [0.1, 0.15) is 20.8 Å². The van der Waals surface area contributed by atoms with Crippen LogP contribution in [0.4, 0.5) is 5.69 Å². The number of carbonyl (C=O) groups is 2. The number of nitrogens with one attached hydrogen (secondary N) is 1. The number of nitrogens with two attached hydrogens (primary N) is 2. The van der Waals surface area contributed by atoms with Crippen molar-refractivity contribution in [3.05, 3.63) is 35.8 Å². The van der Waals surface area contributed by atoms with Crippen molar-refractivity contribution in [2.24, 2.45) is 5.73 Å². The number of hydrogen-bond acceptors (Lipinski definition) is 5. The first kappa shape index (κ1) is 12.6. The summed E-state index contributed by atoms with van der Waals surface area (Å²) in [6.45, 7) is 0. The van der Waals surface area contributed by atoms with E-state index < -0.39 is 5.91 Å². The topological polar surface area (TPSA) is 129 Å². The summed E-state index contributed by atoms with van der Waals surface area (Å²) in [5, 5.41) is 6.46. The average molecular weight is 260 g/mol. The number of pyridine rings is 1. The number of anilines is 1. The standard InChI is InChI=1S/C11H12N6O2/c1-14-11(19)8-2-3-17(16-8)10-7(9(13)18)4-6(12)5-15-10/h2-5H,12H2,1H3,(H2,13,18)(H,14,19). The maximum absolute atomic E-state index is 11.4. The molecule has 0 saturated carbocycles. The second kappa shape index (κ2) is 4.77. The molecular weight excluding hydrogens is 248 g/mol. The van der Waals surface area contributed by atoms with Crippen LogP contribution in [0.2, 0.25) is 0 Å². The molecule has 0 spiro atoms. The van der Waals surface area contributed by atoms with Gasteiger partial charge in [0.2, 0.25) is 0 Å². The first-order valence-electron chi connectivity index (χ1n) is 5.36. The molecule has 0 unspecified atom stereocenters. The van der Waals surface area contributed by atoms with Crippen LogP contribution in [0, 0.1) is 0 Å². The van der Waals surface area contributed by atoms with E-state index in [-0.39, 0.29) is 23.0 Å². The summed E-state index contributed by atoms with van der Waals surface area (Å²) in [6, 6.07) is 2.91. The third kappa shape index (κ3) is 2.37. The van der Waals surface area contributed by atoms with Crippen molar-refractivity contribution < 1.29 is 9.59 Å². The van der Waals surface area contributed by atoms with Gasteiger partial charge in [-0.2, -0.15) is 5.10 Å². The lowest BCUT2D eigenvalue weighted by Gasteiger charge is -2.06. The summed E-state index contributed by atoms with van der Waals surface area (Å²) in [4.78, 5) is 26.8. The van der Waals surface area contributed by atoms with Crippen LogP contribution in [0.5, 0.6) is 0 Å². The largest absolute Gasteiger partial charge is 0.397 e. The number of hydrogen-bond donors (Lipinski definition) is 3. The Bertz CT molecular complexity index is 648. The Labute approximate surface area is 108 Å². The minimum absolute atomic E-state index is 0.131. The molecule has 0 aliphatic carbocycles. The Morgan fingerprint density at radius 3 is 2.79 bits per heavy atom. The maximum atomic E-state index is 11.4. The second-order valence-corrected chi connectivity index (χ2v) is 3.73. The predicted molar refractivity (Wildman–Crippen MR) is 67.7 cm³/mol. The first-order valence-corrected chi connectivity index (χ1v) is 5.36. The molecule has 0 atom stereocenters.